The Kier molecular flexibility index (Phi) is 3.49. The van der Waals surface area contributed by atoms with Crippen molar-refractivity contribution in [1.29, 1.82) is 0 Å². The van der Waals surface area contributed by atoms with Gasteiger partial charge in [0.15, 0.2) is 0 Å². The van der Waals surface area contributed by atoms with Crippen LogP contribution in [0.15, 0.2) is 0 Å². The molecular formula is C10H19Na. The van der Waals surface area contributed by atoms with Gasteiger partial charge in [0.1, 0.15) is 0 Å². The monoisotopic (exact) mass is 162 g/mol. The van der Waals surface area contributed by atoms with E-state index in [2.05, 4.69) is 20.8 Å². The molecule has 0 N–H and O–H groups in total. The molecule has 0 saturated heterocycles. The summed E-state index contributed by atoms with van der Waals surface area (Å²) in [7, 11) is 0. The van der Waals surface area contributed by atoms with Crippen LogP contribution in [-0.4, -0.2) is 27.9 Å². The van der Waals surface area contributed by atoms with Gasteiger partial charge < -0.3 is 0 Å². The first-order chi connectivity index (χ1) is 5.00. The minimum atomic E-state index is 0.571. The first kappa shape index (κ1) is 10.1. The molecule has 1 heteroatoms. The average molecular weight is 162 g/mol. The maximum absolute atomic E-state index is 2.39. The van der Waals surface area contributed by atoms with Gasteiger partial charge in [0.2, 0.25) is 0 Å². The molecule has 1 aliphatic rings. The summed E-state index contributed by atoms with van der Waals surface area (Å²) in [6, 6.07) is 0. The summed E-state index contributed by atoms with van der Waals surface area (Å²) in [5.41, 5.74) is 0.571. The fraction of sp³-hybridized carbons (Fsp3) is 1.00. The zero-order valence-corrected chi connectivity index (χ0v) is 10.5. The molecule has 1 aliphatic carbocycles. The van der Waals surface area contributed by atoms with Crippen LogP contribution in [0.5, 0.6) is 0 Å². The van der Waals surface area contributed by atoms with Gasteiger partial charge in [-0.15, -0.1) is 0 Å². The zero-order chi connectivity index (χ0) is 8.48. The molecule has 0 aromatic carbocycles. The molecule has 0 spiro atoms. The van der Waals surface area contributed by atoms with Gasteiger partial charge in [-0.1, -0.05) is 0 Å². The van der Waals surface area contributed by atoms with Crippen molar-refractivity contribution in [2.75, 3.05) is 0 Å². The second-order valence-electron chi connectivity index (χ2n) is 5.32. The summed E-state index contributed by atoms with van der Waals surface area (Å²) in [5, 5.41) is 0. The Morgan fingerprint density at radius 3 is 1.82 bits per heavy atom. The molecule has 0 nitrogen and oxygen atoms in total. The molecule has 0 unspecified atom stereocenters. The predicted octanol–water partition coefficient (Wildman–Crippen LogP) is 3.18. The fourth-order valence-corrected chi connectivity index (χ4v) is 2.79. The second-order valence-corrected chi connectivity index (χ2v) is 6.96. The van der Waals surface area contributed by atoms with E-state index in [1.807, 2.05) is 0 Å². The third-order valence-electron chi connectivity index (χ3n) is 3.24. The van der Waals surface area contributed by atoms with Gasteiger partial charge >= 0.3 is 88.9 Å². The molecule has 0 aromatic heterocycles. The third-order valence-corrected chi connectivity index (χ3v) is 4.40. The quantitative estimate of drug-likeness (QED) is 0.480. The zero-order valence-electron chi connectivity index (χ0n) is 8.48. The summed E-state index contributed by atoms with van der Waals surface area (Å²) in [6.45, 7) is 7.18. The molecule has 0 atom stereocenters. The van der Waals surface area contributed by atoms with E-state index in [0.717, 1.165) is 9.09 Å². The van der Waals surface area contributed by atoms with Crippen LogP contribution in [0.4, 0.5) is 0 Å². The van der Waals surface area contributed by atoms with Crippen LogP contribution in [-0.2, 0) is 0 Å². The first-order valence-corrected chi connectivity index (χ1v) is 6.15. The van der Waals surface area contributed by atoms with Crippen LogP contribution in [0.1, 0.15) is 46.5 Å². The number of hydrogen-bond acceptors (Lipinski definition) is 0. The van der Waals surface area contributed by atoms with Crippen LogP contribution in [0.3, 0.4) is 0 Å². The SMILES string of the molecule is CC(C)(C)C1CC[CH]([Na])CC1. The van der Waals surface area contributed by atoms with Crippen molar-refractivity contribution in [3.05, 3.63) is 0 Å². The van der Waals surface area contributed by atoms with Crippen LogP contribution >= 0.6 is 0 Å². The standard InChI is InChI=1S/C10H19.Na/c1-10(2,3)9-7-5-4-6-8-9;/h4,9H,5-8H2,1-3H3;. The van der Waals surface area contributed by atoms with Crippen LogP contribution < -0.4 is 0 Å². The topological polar surface area (TPSA) is 0 Å². The van der Waals surface area contributed by atoms with Crippen molar-refractivity contribution >= 4 is 27.9 Å². The van der Waals surface area contributed by atoms with E-state index >= 15 is 0 Å². The third kappa shape index (κ3) is 3.08. The molecule has 0 bridgehead atoms. The summed E-state index contributed by atoms with van der Waals surface area (Å²) in [4.78, 5) is 0. The predicted molar refractivity (Wildman–Crippen MR) is 50.9 cm³/mol. The van der Waals surface area contributed by atoms with Crippen molar-refractivity contribution < 1.29 is 0 Å². The Balaban J connectivity index is 2.39. The molecule has 1 rings (SSSR count). The van der Waals surface area contributed by atoms with Crippen LogP contribution in [0.2, 0.25) is 3.17 Å². The average Bonchev–Trinajstić information content (AvgIpc) is 1.86. The first-order valence-electron chi connectivity index (χ1n) is 5.00. The van der Waals surface area contributed by atoms with Crippen molar-refractivity contribution in [1.82, 2.24) is 0 Å². The van der Waals surface area contributed by atoms with Crippen LogP contribution in [0, 0.1) is 11.3 Å². The van der Waals surface area contributed by atoms with E-state index in [1.165, 1.54) is 53.6 Å². The van der Waals surface area contributed by atoms with E-state index in [4.69, 9.17) is 0 Å². The molecule has 11 heavy (non-hydrogen) atoms. The van der Waals surface area contributed by atoms with Crippen molar-refractivity contribution in [3.8, 4) is 0 Å². The van der Waals surface area contributed by atoms with Gasteiger partial charge in [0.25, 0.3) is 0 Å². The van der Waals surface area contributed by atoms with Crippen molar-refractivity contribution in [3.63, 3.8) is 0 Å². The Morgan fingerprint density at radius 1 is 1.00 bits per heavy atom. The minimum absolute atomic E-state index is 0.571. The molecule has 60 valence electrons. The molecule has 0 heterocycles. The molecule has 1 saturated carbocycles. The van der Waals surface area contributed by atoms with Gasteiger partial charge in [-0.05, 0) is 0 Å². The Morgan fingerprint density at radius 2 is 1.45 bits per heavy atom. The summed E-state index contributed by atoms with van der Waals surface area (Å²) in [6.07, 6.45) is 6.04. The van der Waals surface area contributed by atoms with Crippen molar-refractivity contribution in [2.24, 2.45) is 11.3 Å². The summed E-state index contributed by atoms with van der Waals surface area (Å²) < 4.78 is 1.13. The summed E-state index contributed by atoms with van der Waals surface area (Å²) in [5.74, 6) is 1.01. The Labute approximate surface area is 88.6 Å². The van der Waals surface area contributed by atoms with E-state index in [0.29, 0.717) is 5.41 Å². The van der Waals surface area contributed by atoms with E-state index in [1.54, 1.807) is 0 Å². The summed E-state index contributed by atoms with van der Waals surface area (Å²) >= 11 is 1.43. The molecule has 0 aliphatic heterocycles. The van der Waals surface area contributed by atoms with Gasteiger partial charge in [-0.25, -0.2) is 0 Å². The van der Waals surface area contributed by atoms with Gasteiger partial charge in [-0.3, -0.25) is 0 Å². The fourth-order valence-electron chi connectivity index (χ4n) is 2.13. The number of rotatable bonds is 0. The normalized spacial score (nSPS) is 33.9. The Hall–Kier alpha value is 1.00. The van der Waals surface area contributed by atoms with Crippen LogP contribution in [0.25, 0.3) is 0 Å². The second kappa shape index (κ2) is 3.81. The molecule has 1 fully saturated rings. The molecular weight excluding hydrogens is 143 g/mol. The maximum atomic E-state index is 2.39. The van der Waals surface area contributed by atoms with Gasteiger partial charge in [0.05, 0.1) is 0 Å². The Bertz CT molecular complexity index is 115. The molecule has 0 amide bonds. The molecule has 0 radical (unpaired) electrons. The van der Waals surface area contributed by atoms with E-state index in [9.17, 15) is 0 Å². The van der Waals surface area contributed by atoms with E-state index < -0.39 is 0 Å². The van der Waals surface area contributed by atoms with Crippen molar-refractivity contribution in [2.45, 2.75) is 49.6 Å². The number of hydrogen-bond donors (Lipinski definition) is 0. The van der Waals surface area contributed by atoms with Gasteiger partial charge in [-0.2, -0.15) is 0 Å². The van der Waals surface area contributed by atoms with E-state index in [-0.39, 0.29) is 0 Å². The van der Waals surface area contributed by atoms with Gasteiger partial charge in [0, 0.05) is 0 Å². The molecule has 0 aromatic rings.